The highest BCUT2D eigenvalue weighted by molar-refractivity contribution is 6.42. The molecule has 0 amide bonds. The van der Waals surface area contributed by atoms with Gasteiger partial charge in [-0.3, -0.25) is 4.79 Å². The van der Waals surface area contributed by atoms with Crippen molar-refractivity contribution in [2.24, 2.45) is 0 Å². The Kier molecular flexibility index (Phi) is 4.17. The van der Waals surface area contributed by atoms with Crippen molar-refractivity contribution in [2.75, 3.05) is 0 Å². The van der Waals surface area contributed by atoms with Crippen LogP contribution in [0.4, 0.5) is 8.78 Å². The van der Waals surface area contributed by atoms with E-state index < -0.39 is 11.6 Å². The minimum Gasteiger partial charge on any atom is -0.294 e. The van der Waals surface area contributed by atoms with Crippen LogP contribution in [0.15, 0.2) is 36.4 Å². The lowest BCUT2D eigenvalue weighted by atomic mass is 10.0. The first-order chi connectivity index (χ1) is 8.97. The molecule has 2 rings (SSSR count). The smallest absolute Gasteiger partial charge is 0.167 e. The Bertz CT molecular complexity index is 641. The molecule has 0 atom stereocenters. The van der Waals surface area contributed by atoms with Gasteiger partial charge in [0.1, 0.15) is 11.6 Å². The predicted molar refractivity (Wildman–Crippen MR) is 70.9 cm³/mol. The highest BCUT2D eigenvalue weighted by Gasteiger charge is 2.12. The van der Waals surface area contributed by atoms with Gasteiger partial charge < -0.3 is 0 Å². The van der Waals surface area contributed by atoms with Crippen LogP contribution in [0, 0.1) is 11.6 Å². The fourth-order valence-corrected chi connectivity index (χ4v) is 1.91. The lowest BCUT2D eigenvalue weighted by Gasteiger charge is -2.04. The van der Waals surface area contributed by atoms with E-state index in [0.29, 0.717) is 10.6 Å². The summed E-state index contributed by atoms with van der Waals surface area (Å²) in [6, 6.07) is 7.54. The van der Waals surface area contributed by atoms with E-state index in [1.165, 1.54) is 24.3 Å². The fourth-order valence-electron chi connectivity index (χ4n) is 1.61. The molecule has 98 valence electrons. The van der Waals surface area contributed by atoms with Crippen LogP contribution in [0.1, 0.15) is 15.9 Å². The average molecular weight is 301 g/mol. The van der Waals surface area contributed by atoms with Gasteiger partial charge in [0.05, 0.1) is 10.0 Å². The number of ketones is 1. The second-order valence-corrected chi connectivity index (χ2v) is 4.78. The summed E-state index contributed by atoms with van der Waals surface area (Å²) in [5, 5.41) is 0.596. The van der Waals surface area contributed by atoms with Crippen LogP contribution in [0.3, 0.4) is 0 Å². The first-order valence-electron chi connectivity index (χ1n) is 5.39. The zero-order valence-corrected chi connectivity index (χ0v) is 11.1. The number of Topliss-reactive ketones (excluding diaryl/α,β-unsaturated/α-hetero) is 1. The first-order valence-corrected chi connectivity index (χ1v) is 6.15. The molecule has 1 nitrogen and oxygen atoms in total. The molecule has 0 aromatic heterocycles. The Labute approximate surface area is 118 Å². The predicted octanol–water partition coefficient (Wildman–Crippen LogP) is 4.70. The van der Waals surface area contributed by atoms with Crippen molar-refractivity contribution in [2.45, 2.75) is 6.42 Å². The van der Waals surface area contributed by atoms with Crippen LogP contribution in [0.25, 0.3) is 0 Å². The molecule has 19 heavy (non-hydrogen) atoms. The van der Waals surface area contributed by atoms with Crippen LogP contribution in [0.2, 0.25) is 10.0 Å². The van der Waals surface area contributed by atoms with E-state index in [4.69, 9.17) is 23.2 Å². The van der Waals surface area contributed by atoms with E-state index in [1.807, 2.05) is 0 Å². The third kappa shape index (κ3) is 3.31. The molecular formula is C14H8Cl2F2O. The maximum Gasteiger partial charge on any atom is 0.167 e. The van der Waals surface area contributed by atoms with Gasteiger partial charge in [-0.1, -0.05) is 29.3 Å². The van der Waals surface area contributed by atoms with Gasteiger partial charge >= 0.3 is 0 Å². The highest BCUT2D eigenvalue weighted by atomic mass is 35.5. The molecule has 0 bridgehead atoms. The third-order valence-corrected chi connectivity index (χ3v) is 3.35. The molecular weight excluding hydrogens is 293 g/mol. The number of hydrogen-bond donors (Lipinski definition) is 0. The van der Waals surface area contributed by atoms with Crippen LogP contribution in [0.5, 0.6) is 0 Å². The molecule has 0 radical (unpaired) electrons. The van der Waals surface area contributed by atoms with Gasteiger partial charge in [-0.2, -0.15) is 0 Å². The van der Waals surface area contributed by atoms with E-state index in [9.17, 15) is 13.6 Å². The monoisotopic (exact) mass is 300 g/mol. The first kappa shape index (κ1) is 14.0. The lowest BCUT2D eigenvalue weighted by Crippen LogP contribution is -2.05. The summed E-state index contributed by atoms with van der Waals surface area (Å²) in [7, 11) is 0. The summed E-state index contributed by atoms with van der Waals surface area (Å²) >= 11 is 11.5. The second kappa shape index (κ2) is 5.68. The Hall–Kier alpha value is -1.45. The van der Waals surface area contributed by atoms with E-state index in [-0.39, 0.29) is 22.8 Å². The molecule has 0 heterocycles. The summed E-state index contributed by atoms with van der Waals surface area (Å²) in [6.45, 7) is 0. The maximum absolute atomic E-state index is 13.4. The van der Waals surface area contributed by atoms with Crippen molar-refractivity contribution >= 4 is 29.0 Å². The number of carbonyl (C=O) groups excluding carboxylic acids is 1. The lowest BCUT2D eigenvalue weighted by molar-refractivity contribution is 0.0992. The molecule has 0 N–H and O–H groups in total. The van der Waals surface area contributed by atoms with Gasteiger partial charge in [-0.05, 0) is 29.8 Å². The van der Waals surface area contributed by atoms with Gasteiger partial charge in [-0.15, -0.1) is 0 Å². The van der Waals surface area contributed by atoms with Crippen molar-refractivity contribution in [3.05, 3.63) is 69.2 Å². The minimum absolute atomic E-state index is 0.137. The summed E-state index contributed by atoms with van der Waals surface area (Å²) in [6.07, 6.45) is -0.163. The molecule has 2 aromatic rings. The van der Waals surface area contributed by atoms with E-state index in [0.717, 1.165) is 12.1 Å². The molecule has 0 saturated carbocycles. The number of carbonyl (C=O) groups is 1. The van der Waals surface area contributed by atoms with Crippen molar-refractivity contribution in [3.8, 4) is 0 Å². The number of halogens is 4. The third-order valence-electron chi connectivity index (χ3n) is 2.61. The van der Waals surface area contributed by atoms with Crippen molar-refractivity contribution in [3.63, 3.8) is 0 Å². The molecule has 0 spiro atoms. The number of benzene rings is 2. The molecule has 5 heteroatoms. The molecule has 0 aliphatic rings. The molecule has 0 saturated heterocycles. The fraction of sp³-hybridized carbons (Fsp3) is 0.0714. The Morgan fingerprint density at radius 2 is 1.74 bits per heavy atom. The Balaban J connectivity index is 2.23. The summed E-state index contributed by atoms with van der Waals surface area (Å²) in [5.41, 5.74) is 0.468. The highest BCUT2D eigenvalue weighted by Crippen LogP contribution is 2.23. The van der Waals surface area contributed by atoms with Crippen molar-refractivity contribution in [1.82, 2.24) is 0 Å². The Morgan fingerprint density at radius 3 is 2.37 bits per heavy atom. The summed E-state index contributed by atoms with van der Waals surface area (Å²) < 4.78 is 26.2. The zero-order valence-electron chi connectivity index (χ0n) is 9.59. The summed E-state index contributed by atoms with van der Waals surface area (Å²) in [4.78, 5) is 12.0. The van der Waals surface area contributed by atoms with Gasteiger partial charge in [0.15, 0.2) is 5.78 Å². The zero-order chi connectivity index (χ0) is 14.0. The molecule has 0 fully saturated rings. The topological polar surface area (TPSA) is 17.1 Å². The minimum atomic E-state index is -0.742. The van der Waals surface area contributed by atoms with Crippen molar-refractivity contribution in [1.29, 1.82) is 0 Å². The molecule has 2 aromatic carbocycles. The van der Waals surface area contributed by atoms with E-state index in [2.05, 4.69) is 0 Å². The molecule has 0 unspecified atom stereocenters. The standard InChI is InChI=1S/C14H8Cl2F2O/c15-11-4-2-9(5-12(11)16)14(19)6-8-1-3-10(17)7-13(8)18/h1-5,7H,6H2. The molecule has 0 aliphatic carbocycles. The maximum atomic E-state index is 13.4. The normalized spacial score (nSPS) is 10.5. The van der Waals surface area contributed by atoms with E-state index >= 15 is 0 Å². The largest absolute Gasteiger partial charge is 0.294 e. The SMILES string of the molecule is O=C(Cc1ccc(F)cc1F)c1ccc(Cl)c(Cl)c1. The summed E-state index contributed by atoms with van der Waals surface area (Å²) in [5.74, 6) is -1.74. The average Bonchev–Trinajstić information content (AvgIpc) is 2.36. The van der Waals surface area contributed by atoms with Crippen LogP contribution < -0.4 is 0 Å². The van der Waals surface area contributed by atoms with Crippen molar-refractivity contribution < 1.29 is 13.6 Å². The van der Waals surface area contributed by atoms with Gasteiger partial charge in [-0.25, -0.2) is 8.78 Å². The number of rotatable bonds is 3. The van der Waals surface area contributed by atoms with Crippen LogP contribution >= 0.6 is 23.2 Å². The van der Waals surface area contributed by atoms with Gasteiger partial charge in [0.25, 0.3) is 0 Å². The second-order valence-electron chi connectivity index (χ2n) is 3.96. The number of hydrogen-bond acceptors (Lipinski definition) is 1. The van der Waals surface area contributed by atoms with Crippen LogP contribution in [-0.4, -0.2) is 5.78 Å². The van der Waals surface area contributed by atoms with Gasteiger partial charge in [0.2, 0.25) is 0 Å². The molecule has 0 aliphatic heterocycles. The van der Waals surface area contributed by atoms with E-state index in [1.54, 1.807) is 0 Å². The van der Waals surface area contributed by atoms with Gasteiger partial charge in [0, 0.05) is 18.1 Å². The van der Waals surface area contributed by atoms with Crippen LogP contribution in [-0.2, 0) is 6.42 Å². The quantitative estimate of drug-likeness (QED) is 0.751. The Morgan fingerprint density at radius 1 is 1.00 bits per heavy atom.